The van der Waals surface area contributed by atoms with Gasteiger partial charge in [-0.3, -0.25) is 4.99 Å². The molecule has 0 saturated heterocycles. The number of para-hydroxylation sites is 2. The van der Waals surface area contributed by atoms with Gasteiger partial charge in [-0.2, -0.15) is 0 Å². The van der Waals surface area contributed by atoms with Gasteiger partial charge < -0.3 is 10.4 Å². The summed E-state index contributed by atoms with van der Waals surface area (Å²) in [4.78, 5) is 14.6. The molecule has 1 aromatic rings. The molecule has 1 unspecified atom stereocenters. The zero-order valence-electron chi connectivity index (χ0n) is 13.0. The summed E-state index contributed by atoms with van der Waals surface area (Å²) < 4.78 is 0. The van der Waals surface area contributed by atoms with E-state index in [9.17, 15) is 4.79 Å². The Labute approximate surface area is 127 Å². The van der Waals surface area contributed by atoms with Gasteiger partial charge in [-0.05, 0) is 12.1 Å². The second-order valence-electron chi connectivity index (χ2n) is 5.17. The number of carboxylic acids is 1. The zero-order chi connectivity index (χ0) is 15.5. The van der Waals surface area contributed by atoms with Crippen molar-refractivity contribution < 1.29 is 9.90 Å². The van der Waals surface area contributed by atoms with Crippen molar-refractivity contribution in [3.8, 4) is 0 Å². The normalized spacial score (nSPS) is 15.4. The summed E-state index contributed by atoms with van der Waals surface area (Å²) >= 11 is 0. The molecule has 0 spiro atoms. The number of carboxylic acid groups (broad SMARTS) is 1. The molecule has 0 aromatic heterocycles. The van der Waals surface area contributed by atoms with Crippen LogP contribution in [-0.2, 0) is 4.79 Å². The summed E-state index contributed by atoms with van der Waals surface area (Å²) in [6.07, 6.45) is 9.88. The van der Waals surface area contributed by atoms with Gasteiger partial charge in [0.1, 0.15) is 0 Å². The SMILES string of the molecule is CCCCCCCC.O=C(O)C1C=Nc2ccccc2N1. The number of benzene rings is 1. The van der Waals surface area contributed by atoms with Gasteiger partial charge in [-0.15, -0.1) is 0 Å². The average molecular weight is 290 g/mol. The van der Waals surface area contributed by atoms with Gasteiger partial charge in [0.2, 0.25) is 0 Å². The van der Waals surface area contributed by atoms with E-state index in [1.807, 2.05) is 24.3 Å². The van der Waals surface area contributed by atoms with Crippen LogP contribution in [0.5, 0.6) is 0 Å². The number of aliphatic carboxylic acids is 1. The molecular weight excluding hydrogens is 264 g/mol. The van der Waals surface area contributed by atoms with Gasteiger partial charge in [0, 0.05) is 6.21 Å². The molecule has 0 fully saturated rings. The minimum absolute atomic E-state index is 0.713. The summed E-state index contributed by atoms with van der Waals surface area (Å²) in [7, 11) is 0. The van der Waals surface area contributed by atoms with E-state index in [0.717, 1.165) is 11.4 Å². The number of carbonyl (C=O) groups is 1. The second kappa shape index (κ2) is 9.97. The third-order valence-corrected chi connectivity index (χ3v) is 3.30. The number of fused-ring (bicyclic) bond motifs is 1. The number of aliphatic imine (C=N–C) groups is 1. The second-order valence-corrected chi connectivity index (χ2v) is 5.17. The van der Waals surface area contributed by atoms with Gasteiger partial charge in [0.15, 0.2) is 6.04 Å². The first-order valence-corrected chi connectivity index (χ1v) is 7.81. The van der Waals surface area contributed by atoms with E-state index >= 15 is 0 Å². The van der Waals surface area contributed by atoms with Crippen molar-refractivity contribution in [2.24, 2.45) is 4.99 Å². The molecule has 0 aliphatic carbocycles. The molecule has 2 rings (SSSR count). The van der Waals surface area contributed by atoms with Crippen LogP contribution in [0.25, 0.3) is 0 Å². The third kappa shape index (κ3) is 6.43. The van der Waals surface area contributed by atoms with Crippen LogP contribution in [0.2, 0.25) is 0 Å². The Bertz CT molecular complexity index is 452. The molecule has 0 bridgehead atoms. The monoisotopic (exact) mass is 290 g/mol. The number of anilines is 1. The number of rotatable bonds is 6. The van der Waals surface area contributed by atoms with Crippen LogP contribution in [0, 0.1) is 0 Å². The van der Waals surface area contributed by atoms with Crippen LogP contribution in [0.3, 0.4) is 0 Å². The molecule has 0 radical (unpaired) electrons. The number of hydrogen-bond acceptors (Lipinski definition) is 3. The third-order valence-electron chi connectivity index (χ3n) is 3.30. The maximum Gasteiger partial charge on any atom is 0.331 e. The Morgan fingerprint density at radius 1 is 1.14 bits per heavy atom. The zero-order valence-corrected chi connectivity index (χ0v) is 13.0. The Morgan fingerprint density at radius 3 is 2.33 bits per heavy atom. The molecule has 1 heterocycles. The first-order chi connectivity index (χ1) is 10.2. The Morgan fingerprint density at radius 2 is 1.76 bits per heavy atom. The fourth-order valence-electron chi connectivity index (χ4n) is 2.05. The fourth-order valence-corrected chi connectivity index (χ4v) is 2.05. The van der Waals surface area contributed by atoms with Gasteiger partial charge in [0.05, 0.1) is 11.4 Å². The molecule has 2 N–H and O–H groups in total. The lowest BCUT2D eigenvalue weighted by molar-refractivity contribution is -0.136. The predicted molar refractivity (Wildman–Crippen MR) is 88.7 cm³/mol. The van der Waals surface area contributed by atoms with Crippen molar-refractivity contribution in [1.29, 1.82) is 0 Å². The van der Waals surface area contributed by atoms with Gasteiger partial charge >= 0.3 is 5.97 Å². The van der Waals surface area contributed by atoms with E-state index in [1.165, 1.54) is 44.7 Å². The smallest absolute Gasteiger partial charge is 0.331 e. The highest BCUT2D eigenvalue weighted by Crippen LogP contribution is 2.27. The van der Waals surface area contributed by atoms with Crippen LogP contribution in [0.1, 0.15) is 52.4 Å². The first kappa shape index (κ1) is 17.2. The van der Waals surface area contributed by atoms with E-state index < -0.39 is 12.0 Å². The topological polar surface area (TPSA) is 61.7 Å². The summed E-state index contributed by atoms with van der Waals surface area (Å²) in [5.41, 5.74) is 1.54. The van der Waals surface area contributed by atoms with Gasteiger partial charge in [0.25, 0.3) is 0 Å². The summed E-state index contributed by atoms with van der Waals surface area (Å²) in [5, 5.41) is 11.6. The summed E-state index contributed by atoms with van der Waals surface area (Å²) in [6, 6.07) is 6.62. The van der Waals surface area contributed by atoms with Crippen molar-refractivity contribution in [3.05, 3.63) is 24.3 Å². The Balaban J connectivity index is 0.000000240. The molecule has 4 nitrogen and oxygen atoms in total. The van der Waals surface area contributed by atoms with E-state index in [4.69, 9.17) is 5.11 Å². The molecule has 1 aliphatic heterocycles. The minimum atomic E-state index is -0.918. The number of nitrogens with zero attached hydrogens (tertiary/aromatic N) is 1. The van der Waals surface area contributed by atoms with Crippen molar-refractivity contribution in [1.82, 2.24) is 0 Å². The highest BCUT2D eigenvalue weighted by Gasteiger charge is 2.18. The maximum atomic E-state index is 10.6. The van der Waals surface area contributed by atoms with Crippen molar-refractivity contribution in [2.75, 3.05) is 5.32 Å². The number of hydrogen-bond donors (Lipinski definition) is 2. The van der Waals surface area contributed by atoms with E-state index in [-0.39, 0.29) is 0 Å². The molecule has 1 aromatic carbocycles. The van der Waals surface area contributed by atoms with Gasteiger partial charge in [-0.1, -0.05) is 64.5 Å². The molecule has 116 valence electrons. The fraction of sp³-hybridized carbons (Fsp3) is 0.529. The van der Waals surface area contributed by atoms with E-state index in [2.05, 4.69) is 24.2 Å². The Kier molecular flexibility index (Phi) is 8.17. The molecule has 1 atom stereocenters. The van der Waals surface area contributed by atoms with Crippen LogP contribution in [0.4, 0.5) is 11.4 Å². The minimum Gasteiger partial charge on any atom is -0.479 e. The van der Waals surface area contributed by atoms with Gasteiger partial charge in [-0.25, -0.2) is 4.79 Å². The highest BCUT2D eigenvalue weighted by atomic mass is 16.4. The van der Waals surface area contributed by atoms with Crippen molar-refractivity contribution in [3.63, 3.8) is 0 Å². The maximum absolute atomic E-state index is 10.6. The largest absolute Gasteiger partial charge is 0.479 e. The predicted octanol–water partition coefficient (Wildman–Crippen LogP) is 4.63. The molecular formula is C17H26N2O2. The van der Waals surface area contributed by atoms with Crippen molar-refractivity contribution >= 4 is 23.6 Å². The summed E-state index contributed by atoms with van der Waals surface area (Å²) in [5.74, 6) is -0.918. The lowest BCUT2D eigenvalue weighted by Crippen LogP contribution is -2.32. The van der Waals surface area contributed by atoms with Crippen LogP contribution in [-0.4, -0.2) is 23.3 Å². The Hall–Kier alpha value is -1.84. The van der Waals surface area contributed by atoms with E-state index in [1.54, 1.807) is 0 Å². The average Bonchev–Trinajstić information content (AvgIpc) is 2.52. The first-order valence-electron chi connectivity index (χ1n) is 7.81. The molecule has 0 amide bonds. The molecule has 21 heavy (non-hydrogen) atoms. The number of nitrogens with one attached hydrogen (secondary N) is 1. The number of unbranched alkanes of at least 4 members (excludes halogenated alkanes) is 5. The van der Waals surface area contributed by atoms with Crippen LogP contribution >= 0.6 is 0 Å². The molecule has 0 saturated carbocycles. The molecule has 4 heteroatoms. The van der Waals surface area contributed by atoms with Crippen molar-refractivity contribution in [2.45, 2.75) is 58.4 Å². The van der Waals surface area contributed by atoms with Crippen LogP contribution < -0.4 is 5.32 Å². The highest BCUT2D eigenvalue weighted by molar-refractivity contribution is 6.00. The summed E-state index contributed by atoms with van der Waals surface area (Å²) in [6.45, 7) is 4.51. The lowest BCUT2D eigenvalue weighted by atomic mass is 10.1. The molecule has 1 aliphatic rings. The standard InChI is InChI=1S/C9H8N2O2.C8H18/c12-9(13)8-5-10-6-3-1-2-4-7(6)11-8;1-3-5-7-8-6-4-2/h1-5,8,11H,(H,12,13);3-8H2,1-2H3. The van der Waals surface area contributed by atoms with Crippen LogP contribution in [0.15, 0.2) is 29.3 Å². The van der Waals surface area contributed by atoms with E-state index in [0.29, 0.717) is 0 Å². The quantitative estimate of drug-likeness (QED) is 0.751. The lowest BCUT2D eigenvalue weighted by Gasteiger charge is -2.17.